The molecule has 2 rings (SSSR count). The second-order valence-corrected chi connectivity index (χ2v) is 5.50. The van der Waals surface area contributed by atoms with Crippen LogP contribution in [0.25, 0.3) is 0 Å². The van der Waals surface area contributed by atoms with Crippen molar-refractivity contribution < 1.29 is 14.3 Å². The fraction of sp³-hybridized carbons (Fsp3) is 0.562. The van der Waals surface area contributed by atoms with Crippen molar-refractivity contribution in [3.8, 4) is 5.75 Å². The van der Waals surface area contributed by atoms with Crippen molar-refractivity contribution in [3.63, 3.8) is 0 Å². The number of aryl methyl sites for hydroxylation is 1. The maximum absolute atomic E-state index is 12.1. The highest BCUT2D eigenvalue weighted by atomic mass is 35.5. The first-order valence-electron chi connectivity index (χ1n) is 7.42. The van der Waals surface area contributed by atoms with Gasteiger partial charge in [0.25, 0.3) is 0 Å². The number of carbonyl (C=O) groups is 1. The van der Waals surface area contributed by atoms with E-state index in [1.54, 1.807) is 0 Å². The third-order valence-electron chi connectivity index (χ3n) is 3.49. The molecule has 22 heavy (non-hydrogen) atoms. The number of rotatable bonds is 5. The van der Waals surface area contributed by atoms with Crippen molar-refractivity contribution >= 4 is 18.3 Å². The minimum atomic E-state index is -0.287. The lowest BCUT2D eigenvalue weighted by Gasteiger charge is -2.29. The number of nitrogens with one attached hydrogen (secondary N) is 2. The summed E-state index contributed by atoms with van der Waals surface area (Å²) in [5.41, 5.74) is 1.15. The fourth-order valence-electron chi connectivity index (χ4n) is 2.34. The van der Waals surface area contributed by atoms with Crippen molar-refractivity contribution in [1.82, 2.24) is 10.6 Å². The van der Waals surface area contributed by atoms with E-state index < -0.39 is 0 Å². The van der Waals surface area contributed by atoms with Gasteiger partial charge in [0.1, 0.15) is 17.9 Å². The quantitative estimate of drug-likeness (QED) is 0.863. The molecule has 0 aliphatic carbocycles. The lowest BCUT2D eigenvalue weighted by Crippen LogP contribution is -2.56. The molecule has 1 amide bonds. The second kappa shape index (κ2) is 8.98. The van der Waals surface area contributed by atoms with Crippen molar-refractivity contribution in [2.24, 2.45) is 0 Å². The predicted octanol–water partition coefficient (Wildman–Crippen LogP) is 1.68. The van der Waals surface area contributed by atoms with Gasteiger partial charge >= 0.3 is 0 Å². The molecule has 2 N–H and O–H groups in total. The lowest BCUT2D eigenvalue weighted by atomic mass is 10.1. The van der Waals surface area contributed by atoms with Crippen LogP contribution in [0.5, 0.6) is 5.75 Å². The van der Waals surface area contributed by atoms with Crippen LogP contribution in [0.2, 0.25) is 0 Å². The average Bonchev–Trinajstić information content (AvgIpc) is 2.45. The van der Waals surface area contributed by atoms with E-state index in [4.69, 9.17) is 9.47 Å². The molecule has 3 atom stereocenters. The van der Waals surface area contributed by atoms with E-state index in [0.29, 0.717) is 19.7 Å². The summed E-state index contributed by atoms with van der Waals surface area (Å²) in [6, 6.07) is 7.60. The maximum Gasteiger partial charge on any atom is 0.239 e. The van der Waals surface area contributed by atoms with Gasteiger partial charge in [0, 0.05) is 6.54 Å². The number of ether oxygens (including phenoxy) is 2. The van der Waals surface area contributed by atoms with E-state index in [1.165, 1.54) is 0 Å². The van der Waals surface area contributed by atoms with Crippen molar-refractivity contribution in [2.45, 2.75) is 39.0 Å². The minimum absolute atomic E-state index is 0. The molecule has 1 unspecified atom stereocenters. The molecular weight excluding hydrogens is 304 g/mol. The van der Waals surface area contributed by atoms with Crippen LogP contribution in [-0.2, 0) is 9.53 Å². The summed E-state index contributed by atoms with van der Waals surface area (Å²) < 4.78 is 11.3. The predicted molar refractivity (Wildman–Crippen MR) is 88.7 cm³/mol. The Balaban J connectivity index is 0.00000242. The van der Waals surface area contributed by atoms with E-state index >= 15 is 0 Å². The molecule has 1 aliphatic rings. The zero-order valence-electron chi connectivity index (χ0n) is 13.3. The summed E-state index contributed by atoms with van der Waals surface area (Å²) in [6.07, 6.45) is -0.192. The van der Waals surface area contributed by atoms with Crippen molar-refractivity contribution in [2.75, 3.05) is 19.7 Å². The fourth-order valence-corrected chi connectivity index (χ4v) is 2.34. The first kappa shape index (κ1) is 18.7. The first-order chi connectivity index (χ1) is 10.1. The number of hydrogen-bond donors (Lipinski definition) is 2. The molecule has 1 aliphatic heterocycles. The second-order valence-electron chi connectivity index (χ2n) is 5.50. The normalized spacial score (nSPS) is 22.3. The van der Waals surface area contributed by atoms with Crippen LogP contribution in [0.3, 0.4) is 0 Å². The summed E-state index contributed by atoms with van der Waals surface area (Å²) in [6.45, 7) is 7.70. The van der Waals surface area contributed by atoms with Gasteiger partial charge in [-0.1, -0.05) is 12.1 Å². The number of halogens is 1. The highest BCUT2D eigenvalue weighted by molar-refractivity contribution is 5.85. The molecule has 0 aromatic heterocycles. The Bertz CT molecular complexity index is 484. The molecule has 5 nitrogen and oxygen atoms in total. The van der Waals surface area contributed by atoms with Gasteiger partial charge in [-0.25, -0.2) is 0 Å². The Labute approximate surface area is 138 Å². The van der Waals surface area contributed by atoms with E-state index in [-0.39, 0.29) is 36.6 Å². The SMILES string of the molecule is Cc1cccc(OC(C)CNC(=O)[C@H]2NCCO[C@@H]2C)c1.Cl. The van der Waals surface area contributed by atoms with Crippen LogP contribution in [0.15, 0.2) is 24.3 Å². The molecule has 6 heteroatoms. The zero-order valence-corrected chi connectivity index (χ0v) is 14.1. The van der Waals surface area contributed by atoms with Gasteiger partial charge in [-0.15, -0.1) is 12.4 Å². The molecule has 0 radical (unpaired) electrons. The molecule has 1 aromatic carbocycles. The van der Waals surface area contributed by atoms with E-state index in [2.05, 4.69) is 10.6 Å². The minimum Gasteiger partial charge on any atom is -0.489 e. The molecule has 0 spiro atoms. The van der Waals surface area contributed by atoms with E-state index in [9.17, 15) is 4.79 Å². The Morgan fingerprint density at radius 3 is 3.00 bits per heavy atom. The third-order valence-corrected chi connectivity index (χ3v) is 3.49. The molecule has 1 saturated heterocycles. The highest BCUT2D eigenvalue weighted by Gasteiger charge is 2.28. The Kier molecular flexibility index (Phi) is 7.65. The summed E-state index contributed by atoms with van der Waals surface area (Å²) in [5, 5.41) is 6.08. The Morgan fingerprint density at radius 1 is 1.55 bits per heavy atom. The third kappa shape index (κ3) is 5.48. The smallest absolute Gasteiger partial charge is 0.239 e. The molecule has 1 heterocycles. The van der Waals surface area contributed by atoms with E-state index in [0.717, 1.165) is 11.3 Å². The molecule has 0 saturated carbocycles. The van der Waals surface area contributed by atoms with Gasteiger partial charge in [-0.3, -0.25) is 4.79 Å². The maximum atomic E-state index is 12.1. The zero-order chi connectivity index (χ0) is 15.2. The summed E-state index contributed by atoms with van der Waals surface area (Å²) in [7, 11) is 0. The van der Waals surface area contributed by atoms with Gasteiger partial charge in [0.05, 0.1) is 19.3 Å². The highest BCUT2D eigenvalue weighted by Crippen LogP contribution is 2.14. The number of carbonyl (C=O) groups excluding carboxylic acids is 1. The molecule has 124 valence electrons. The monoisotopic (exact) mass is 328 g/mol. The largest absolute Gasteiger partial charge is 0.489 e. The number of morpholine rings is 1. The van der Waals surface area contributed by atoms with E-state index in [1.807, 2.05) is 45.0 Å². The van der Waals surface area contributed by atoms with Gasteiger partial charge < -0.3 is 20.1 Å². The standard InChI is InChI=1S/C16H24N2O3.ClH/c1-11-5-4-6-14(9-11)21-12(2)10-18-16(19)15-13(3)20-8-7-17-15;/h4-6,9,12-13,15,17H,7-8,10H2,1-3H3,(H,18,19);1H/t12?,13-,15+;/m1./s1. The Morgan fingerprint density at radius 2 is 2.32 bits per heavy atom. The van der Waals surface area contributed by atoms with Crippen LogP contribution in [-0.4, -0.2) is 43.9 Å². The van der Waals surface area contributed by atoms with Gasteiger partial charge in [-0.2, -0.15) is 0 Å². The molecule has 1 aromatic rings. The molecular formula is C16H25ClN2O3. The Hall–Kier alpha value is -1.30. The number of amides is 1. The summed E-state index contributed by atoms with van der Waals surface area (Å²) in [4.78, 5) is 12.1. The van der Waals surface area contributed by atoms with Crippen LogP contribution in [0.1, 0.15) is 19.4 Å². The number of hydrogen-bond acceptors (Lipinski definition) is 4. The van der Waals surface area contributed by atoms with Crippen LogP contribution in [0, 0.1) is 6.92 Å². The summed E-state index contributed by atoms with van der Waals surface area (Å²) in [5.74, 6) is 0.783. The van der Waals surface area contributed by atoms with Crippen molar-refractivity contribution in [3.05, 3.63) is 29.8 Å². The van der Waals surface area contributed by atoms with Gasteiger partial charge in [0.15, 0.2) is 0 Å². The first-order valence-corrected chi connectivity index (χ1v) is 7.42. The van der Waals surface area contributed by atoms with Crippen LogP contribution in [0.4, 0.5) is 0 Å². The lowest BCUT2D eigenvalue weighted by molar-refractivity contribution is -0.129. The van der Waals surface area contributed by atoms with Crippen LogP contribution < -0.4 is 15.4 Å². The molecule has 0 bridgehead atoms. The van der Waals surface area contributed by atoms with Gasteiger partial charge in [-0.05, 0) is 38.5 Å². The topological polar surface area (TPSA) is 59.6 Å². The number of benzene rings is 1. The van der Waals surface area contributed by atoms with Crippen molar-refractivity contribution in [1.29, 1.82) is 0 Å². The average molecular weight is 329 g/mol. The van der Waals surface area contributed by atoms with Crippen LogP contribution >= 0.6 is 12.4 Å². The van der Waals surface area contributed by atoms with Gasteiger partial charge in [0.2, 0.25) is 5.91 Å². The molecule has 1 fully saturated rings. The summed E-state index contributed by atoms with van der Waals surface area (Å²) >= 11 is 0.